The maximum atomic E-state index is 14.0. The Morgan fingerprint density at radius 2 is 1.96 bits per heavy atom. The van der Waals surface area contributed by atoms with Crippen molar-refractivity contribution in [3.05, 3.63) is 59.4 Å². The van der Waals surface area contributed by atoms with Gasteiger partial charge in [0.15, 0.2) is 11.5 Å². The van der Waals surface area contributed by atoms with Crippen LogP contribution in [0.2, 0.25) is 0 Å². The minimum Gasteiger partial charge on any atom is -0.493 e. The van der Waals surface area contributed by atoms with Crippen molar-refractivity contribution < 1.29 is 18.7 Å². The summed E-state index contributed by atoms with van der Waals surface area (Å²) in [6, 6.07) is 11.6. The van der Waals surface area contributed by atoms with Crippen LogP contribution in [0.5, 0.6) is 11.5 Å². The first-order chi connectivity index (χ1) is 11.7. The maximum Gasteiger partial charge on any atom is 0.258 e. The standard InChI is InChI=1S/C18H18FNO3S/c1-22-15-9-5-7-13(16(15)23-2)18-20(10-11-24-18)17(21)12-6-3-4-8-14(12)19/h3-9,18H,10-11H2,1-2H3. The molecule has 0 radical (unpaired) electrons. The molecule has 0 saturated carbocycles. The van der Waals surface area contributed by atoms with Crippen LogP contribution in [0.1, 0.15) is 21.3 Å². The van der Waals surface area contributed by atoms with E-state index in [1.165, 1.54) is 12.1 Å². The number of amides is 1. The van der Waals surface area contributed by atoms with Crippen molar-refractivity contribution in [2.75, 3.05) is 26.5 Å². The molecule has 1 aliphatic rings. The van der Waals surface area contributed by atoms with Crippen LogP contribution in [0.3, 0.4) is 0 Å². The second-order valence-corrected chi connectivity index (χ2v) is 6.47. The van der Waals surface area contributed by atoms with Gasteiger partial charge < -0.3 is 14.4 Å². The molecule has 0 N–H and O–H groups in total. The van der Waals surface area contributed by atoms with Crippen LogP contribution in [0.25, 0.3) is 0 Å². The molecule has 0 spiro atoms. The predicted octanol–water partition coefficient (Wildman–Crippen LogP) is 3.73. The van der Waals surface area contributed by atoms with Crippen molar-refractivity contribution >= 4 is 17.7 Å². The lowest BCUT2D eigenvalue weighted by Crippen LogP contribution is -2.31. The van der Waals surface area contributed by atoms with Crippen molar-refractivity contribution in [2.45, 2.75) is 5.37 Å². The zero-order valence-electron chi connectivity index (χ0n) is 13.5. The summed E-state index contributed by atoms with van der Waals surface area (Å²) in [5, 5.41) is -0.234. The zero-order chi connectivity index (χ0) is 17.1. The molecule has 2 aromatic rings. The topological polar surface area (TPSA) is 38.8 Å². The van der Waals surface area contributed by atoms with E-state index in [1.54, 1.807) is 43.0 Å². The van der Waals surface area contributed by atoms with Crippen LogP contribution >= 0.6 is 11.8 Å². The van der Waals surface area contributed by atoms with E-state index in [1.807, 2.05) is 18.2 Å². The summed E-state index contributed by atoms with van der Waals surface area (Å²) in [5.41, 5.74) is 0.941. The van der Waals surface area contributed by atoms with Gasteiger partial charge in [-0.1, -0.05) is 24.3 Å². The first-order valence-corrected chi connectivity index (χ1v) is 8.60. The van der Waals surface area contributed by atoms with Gasteiger partial charge >= 0.3 is 0 Å². The van der Waals surface area contributed by atoms with Gasteiger partial charge in [0, 0.05) is 17.9 Å². The number of halogens is 1. The monoisotopic (exact) mass is 347 g/mol. The number of carbonyl (C=O) groups is 1. The van der Waals surface area contributed by atoms with E-state index in [0.29, 0.717) is 18.0 Å². The Morgan fingerprint density at radius 3 is 2.67 bits per heavy atom. The molecular formula is C18H18FNO3S. The molecular weight excluding hydrogens is 329 g/mol. The molecule has 1 aliphatic heterocycles. The molecule has 1 heterocycles. The highest BCUT2D eigenvalue weighted by Crippen LogP contribution is 2.45. The quantitative estimate of drug-likeness (QED) is 0.845. The number of ether oxygens (including phenoxy) is 2. The number of benzene rings is 2. The summed E-state index contributed by atoms with van der Waals surface area (Å²) in [6.45, 7) is 0.558. The molecule has 24 heavy (non-hydrogen) atoms. The summed E-state index contributed by atoms with van der Waals surface area (Å²) in [6.07, 6.45) is 0. The molecule has 1 atom stereocenters. The van der Waals surface area contributed by atoms with Gasteiger partial charge in [-0.05, 0) is 18.2 Å². The SMILES string of the molecule is COc1cccc(C2SCCN2C(=O)c2ccccc2F)c1OC. The third kappa shape index (κ3) is 2.94. The van der Waals surface area contributed by atoms with Gasteiger partial charge in [-0.2, -0.15) is 0 Å². The van der Waals surface area contributed by atoms with E-state index < -0.39 is 5.82 Å². The maximum absolute atomic E-state index is 14.0. The Labute approximate surface area is 144 Å². The molecule has 4 nitrogen and oxygen atoms in total. The number of hydrogen-bond acceptors (Lipinski definition) is 4. The van der Waals surface area contributed by atoms with Crippen molar-refractivity contribution in [3.8, 4) is 11.5 Å². The molecule has 1 amide bonds. The van der Waals surface area contributed by atoms with Gasteiger partial charge in [0.1, 0.15) is 11.2 Å². The van der Waals surface area contributed by atoms with E-state index in [4.69, 9.17) is 9.47 Å². The molecule has 0 aliphatic carbocycles. The Kier molecular flexibility index (Phi) is 4.94. The summed E-state index contributed by atoms with van der Waals surface area (Å²) >= 11 is 1.63. The van der Waals surface area contributed by atoms with Crippen LogP contribution in [-0.4, -0.2) is 37.3 Å². The fourth-order valence-corrected chi connectivity index (χ4v) is 4.10. The zero-order valence-corrected chi connectivity index (χ0v) is 14.3. The molecule has 2 aromatic carbocycles. The van der Waals surface area contributed by atoms with Crippen LogP contribution in [0, 0.1) is 5.82 Å². The summed E-state index contributed by atoms with van der Waals surface area (Å²) in [5.74, 6) is 1.18. The summed E-state index contributed by atoms with van der Waals surface area (Å²) in [4.78, 5) is 14.5. The highest BCUT2D eigenvalue weighted by Gasteiger charge is 2.34. The Bertz CT molecular complexity index is 753. The lowest BCUT2D eigenvalue weighted by atomic mass is 10.1. The summed E-state index contributed by atoms with van der Waals surface area (Å²) in [7, 11) is 3.15. The fourth-order valence-electron chi connectivity index (χ4n) is 2.83. The Balaban J connectivity index is 1.97. The number of methoxy groups -OCH3 is 2. The first-order valence-electron chi connectivity index (χ1n) is 7.55. The third-order valence-corrected chi connectivity index (χ3v) is 5.20. The largest absolute Gasteiger partial charge is 0.493 e. The first kappa shape index (κ1) is 16.6. The van der Waals surface area contributed by atoms with Gasteiger partial charge in [-0.3, -0.25) is 4.79 Å². The number of carbonyl (C=O) groups excluding carboxylic acids is 1. The molecule has 1 saturated heterocycles. The lowest BCUT2D eigenvalue weighted by molar-refractivity contribution is 0.0754. The normalized spacial score (nSPS) is 17.0. The van der Waals surface area contributed by atoms with Crippen LogP contribution < -0.4 is 9.47 Å². The average Bonchev–Trinajstić information content (AvgIpc) is 3.10. The van der Waals surface area contributed by atoms with Crippen LogP contribution in [-0.2, 0) is 0 Å². The molecule has 1 unspecified atom stereocenters. The van der Waals surface area contributed by atoms with Crippen LogP contribution in [0.4, 0.5) is 4.39 Å². The van der Waals surface area contributed by atoms with E-state index in [9.17, 15) is 9.18 Å². The minimum absolute atomic E-state index is 0.0897. The fraction of sp³-hybridized carbons (Fsp3) is 0.278. The van der Waals surface area contributed by atoms with Gasteiger partial charge in [0.2, 0.25) is 0 Å². The average molecular weight is 347 g/mol. The summed E-state index contributed by atoms with van der Waals surface area (Å²) < 4.78 is 24.8. The Hall–Kier alpha value is -2.21. The second-order valence-electron chi connectivity index (χ2n) is 5.28. The Morgan fingerprint density at radius 1 is 1.17 bits per heavy atom. The number of hydrogen-bond donors (Lipinski definition) is 0. The van der Waals surface area contributed by atoms with E-state index >= 15 is 0 Å². The van der Waals surface area contributed by atoms with Crippen molar-refractivity contribution in [3.63, 3.8) is 0 Å². The third-order valence-electron chi connectivity index (χ3n) is 3.96. The molecule has 1 fully saturated rings. The van der Waals surface area contributed by atoms with E-state index in [2.05, 4.69) is 0 Å². The van der Waals surface area contributed by atoms with Crippen molar-refractivity contribution in [1.82, 2.24) is 4.90 Å². The highest BCUT2D eigenvalue weighted by atomic mass is 32.2. The molecule has 126 valence electrons. The van der Waals surface area contributed by atoms with Crippen molar-refractivity contribution in [1.29, 1.82) is 0 Å². The number of para-hydroxylation sites is 1. The molecule has 0 aromatic heterocycles. The van der Waals surface area contributed by atoms with E-state index in [0.717, 1.165) is 11.3 Å². The van der Waals surface area contributed by atoms with Gasteiger partial charge in [0.25, 0.3) is 5.91 Å². The van der Waals surface area contributed by atoms with Gasteiger partial charge in [0.05, 0.1) is 19.8 Å². The molecule has 6 heteroatoms. The highest BCUT2D eigenvalue weighted by molar-refractivity contribution is 7.99. The second kappa shape index (κ2) is 7.13. The van der Waals surface area contributed by atoms with Gasteiger partial charge in [-0.15, -0.1) is 11.8 Å². The smallest absolute Gasteiger partial charge is 0.258 e. The number of nitrogens with zero attached hydrogens (tertiary/aromatic N) is 1. The van der Waals surface area contributed by atoms with Gasteiger partial charge in [-0.25, -0.2) is 4.39 Å². The minimum atomic E-state index is -0.504. The van der Waals surface area contributed by atoms with E-state index in [-0.39, 0.29) is 16.8 Å². The molecule has 0 bridgehead atoms. The van der Waals surface area contributed by atoms with Crippen molar-refractivity contribution in [2.24, 2.45) is 0 Å². The molecule has 3 rings (SSSR count). The van der Waals surface area contributed by atoms with Crippen LogP contribution in [0.15, 0.2) is 42.5 Å². The predicted molar refractivity (Wildman–Crippen MR) is 92.2 cm³/mol. The number of thioether (sulfide) groups is 1. The number of rotatable bonds is 4. The lowest BCUT2D eigenvalue weighted by Gasteiger charge is -2.26.